The van der Waals surface area contributed by atoms with Crippen molar-refractivity contribution >= 4 is 22.6 Å². The van der Waals surface area contributed by atoms with E-state index >= 15 is 0 Å². The molecule has 170 valence electrons. The first-order valence-electron chi connectivity index (χ1n) is 9.80. The molecule has 0 aliphatic carbocycles. The van der Waals surface area contributed by atoms with E-state index in [9.17, 15) is 22.4 Å². The van der Waals surface area contributed by atoms with Gasteiger partial charge in [0.15, 0.2) is 5.75 Å². The molecule has 0 atom stereocenters. The molecule has 1 aromatic heterocycles. The van der Waals surface area contributed by atoms with Crippen LogP contribution in [0.4, 0.5) is 23.2 Å². The number of anilines is 1. The normalized spacial score (nSPS) is 11.2. The van der Waals surface area contributed by atoms with Gasteiger partial charge in [0.2, 0.25) is 5.88 Å². The van der Waals surface area contributed by atoms with Crippen molar-refractivity contribution in [3.8, 4) is 17.3 Å². The minimum atomic E-state index is -2.89. The highest BCUT2D eigenvalue weighted by Gasteiger charge is 2.23. The summed E-state index contributed by atoms with van der Waals surface area (Å²) in [4.78, 5) is 11.9. The predicted molar refractivity (Wildman–Crippen MR) is 113 cm³/mol. The fourth-order valence-electron chi connectivity index (χ4n) is 3.33. The summed E-state index contributed by atoms with van der Waals surface area (Å²) in [5.74, 6) is -2.94. The van der Waals surface area contributed by atoms with E-state index in [0.717, 1.165) is 22.9 Å². The van der Waals surface area contributed by atoms with Crippen molar-refractivity contribution < 1.29 is 31.8 Å². The number of rotatable bonds is 6. The van der Waals surface area contributed by atoms with Gasteiger partial charge in [0.05, 0.1) is 28.8 Å². The van der Waals surface area contributed by atoms with Crippen molar-refractivity contribution in [1.82, 2.24) is 9.78 Å². The Hall–Kier alpha value is -4.08. The second kappa shape index (κ2) is 8.81. The van der Waals surface area contributed by atoms with Gasteiger partial charge in [-0.3, -0.25) is 0 Å². The van der Waals surface area contributed by atoms with Gasteiger partial charge in [-0.1, -0.05) is 12.1 Å². The molecular formula is C23H17F4N3O3. The number of carbonyl (C=O) groups excluding carboxylic acids is 1. The topological polar surface area (TPSA) is 79.4 Å². The lowest BCUT2D eigenvalue weighted by Gasteiger charge is -2.11. The number of halogens is 4. The number of esters is 1. The van der Waals surface area contributed by atoms with Crippen LogP contribution in [-0.2, 0) is 4.74 Å². The number of hydrogen-bond acceptors (Lipinski definition) is 5. The molecule has 4 aromatic rings. The Morgan fingerprint density at radius 2 is 1.85 bits per heavy atom. The minimum absolute atomic E-state index is 0.0369. The van der Waals surface area contributed by atoms with Crippen LogP contribution in [0.2, 0.25) is 0 Å². The Labute approximate surface area is 185 Å². The van der Waals surface area contributed by atoms with E-state index in [1.54, 1.807) is 6.92 Å². The number of hydrogen-bond donors (Lipinski definition) is 1. The van der Waals surface area contributed by atoms with Crippen molar-refractivity contribution in [3.05, 3.63) is 77.4 Å². The highest BCUT2D eigenvalue weighted by atomic mass is 19.3. The zero-order valence-corrected chi connectivity index (χ0v) is 17.2. The van der Waals surface area contributed by atoms with Crippen LogP contribution in [0.1, 0.15) is 29.3 Å². The quantitative estimate of drug-likeness (QED) is 0.224. The van der Waals surface area contributed by atoms with Gasteiger partial charge in [0.25, 0.3) is 6.43 Å². The number of nitrogens with two attached hydrogens (primary N) is 1. The molecular weight excluding hydrogens is 442 g/mol. The van der Waals surface area contributed by atoms with E-state index < -0.39 is 29.6 Å². The number of nitrogens with zero attached hydrogens (tertiary/aromatic N) is 2. The maximum absolute atomic E-state index is 14.9. The van der Waals surface area contributed by atoms with Crippen molar-refractivity contribution in [2.24, 2.45) is 0 Å². The second-order valence-electron chi connectivity index (χ2n) is 6.91. The molecule has 6 nitrogen and oxygen atoms in total. The highest BCUT2D eigenvalue weighted by Crippen LogP contribution is 2.39. The van der Waals surface area contributed by atoms with Gasteiger partial charge in [-0.05, 0) is 49.4 Å². The van der Waals surface area contributed by atoms with Crippen molar-refractivity contribution in [2.45, 2.75) is 13.3 Å². The van der Waals surface area contributed by atoms with Gasteiger partial charge in [0, 0.05) is 0 Å². The summed E-state index contributed by atoms with van der Waals surface area (Å²) in [5.41, 5.74) is 4.90. The number of carbonyl (C=O) groups is 1. The summed E-state index contributed by atoms with van der Waals surface area (Å²) >= 11 is 0. The van der Waals surface area contributed by atoms with Crippen LogP contribution < -0.4 is 10.5 Å². The van der Waals surface area contributed by atoms with E-state index in [0.29, 0.717) is 0 Å². The molecule has 0 aliphatic heterocycles. The van der Waals surface area contributed by atoms with Crippen molar-refractivity contribution in [2.75, 3.05) is 12.3 Å². The molecule has 0 bridgehead atoms. The monoisotopic (exact) mass is 459 g/mol. The molecule has 4 rings (SSSR count). The molecule has 0 saturated carbocycles. The van der Waals surface area contributed by atoms with Gasteiger partial charge >= 0.3 is 5.97 Å². The third kappa shape index (κ3) is 4.07. The molecule has 33 heavy (non-hydrogen) atoms. The van der Waals surface area contributed by atoms with Crippen LogP contribution >= 0.6 is 0 Å². The standard InChI is InChI=1S/C23H17F4N3O3/c1-2-32-23(31)12-9-10-18(16(25)11-12)30-19-13(5-3-7-15(19)24)22(29-30)33-20-14(21(26)27)6-4-8-17(20)28/h3-11,21H,2,28H2,1H3. The molecule has 0 unspecified atom stereocenters. The van der Waals surface area contributed by atoms with Crippen LogP contribution in [0.15, 0.2) is 54.6 Å². The Kier molecular flexibility index (Phi) is 5.91. The predicted octanol–water partition coefficient (Wildman–Crippen LogP) is 5.79. The highest BCUT2D eigenvalue weighted by molar-refractivity contribution is 5.90. The van der Waals surface area contributed by atoms with Crippen LogP contribution in [0.25, 0.3) is 16.6 Å². The van der Waals surface area contributed by atoms with Gasteiger partial charge in [0.1, 0.15) is 22.8 Å². The molecule has 2 N–H and O–H groups in total. The van der Waals surface area contributed by atoms with Gasteiger partial charge in [-0.2, -0.15) is 0 Å². The number of aromatic nitrogens is 2. The molecule has 0 saturated heterocycles. The number of fused-ring (bicyclic) bond motifs is 1. The van der Waals surface area contributed by atoms with Crippen molar-refractivity contribution in [1.29, 1.82) is 0 Å². The van der Waals surface area contributed by atoms with Crippen LogP contribution in [0.3, 0.4) is 0 Å². The molecule has 0 spiro atoms. The first-order valence-corrected chi connectivity index (χ1v) is 9.80. The Bertz CT molecular complexity index is 1350. The summed E-state index contributed by atoms with van der Waals surface area (Å²) in [7, 11) is 0. The third-order valence-corrected chi connectivity index (χ3v) is 4.82. The summed E-state index contributed by atoms with van der Waals surface area (Å²) in [5, 5.41) is 4.23. The van der Waals surface area contributed by atoms with E-state index in [-0.39, 0.29) is 46.1 Å². The van der Waals surface area contributed by atoms with E-state index in [2.05, 4.69) is 5.10 Å². The lowest BCUT2D eigenvalue weighted by molar-refractivity contribution is 0.0525. The lowest BCUT2D eigenvalue weighted by Crippen LogP contribution is -2.07. The largest absolute Gasteiger partial charge is 0.462 e. The second-order valence-corrected chi connectivity index (χ2v) is 6.91. The average molecular weight is 459 g/mol. The summed E-state index contributed by atoms with van der Waals surface area (Å²) in [6.45, 7) is 1.73. The van der Waals surface area contributed by atoms with Gasteiger partial charge < -0.3 is 15.2 Å². The zero-order chi connectivity index (χ0) is 23.7. The third-order valence-electron chi connectivity index (χ3n) is 4.82. The Balaban J connectivity index is 1.86. The SMILES string of the molecule is CCOC(=O)c1ccc(-n2nc(Oc3c(N)cccc3C(F)F)c3cccc(F)c32)c(F)c1. The fourth-order valence-corrected chi connectivity index (χ4v) is 3.33. The molecule has 0 aliphatic rings. The molecule has 3 aromatic carbocycles. The molecule has 1 heterocycles. The zero-order valence-electron chi connectivity index (χ0n) is 17.2. The number of nitrogen functional groups attached to an aromatic ring is 1. The maximum Gasteiger partial charge on any atom is 0.338 e. The Morgan fingerprint density at radius 3 is 2.55 bits per heavy atom. The number of ether oxygens (including phenoxy) is 2. The molecule has 0 radical (unpaired) electrons. The van der Waals surface area contributed by atoms with Crippen LogP contribution in [0, 0.1) is 11.6 Å². The first-order chi connectivity index (χ1) is 15.8. The Morgan fingerprint density at radius 1 is 1.09 bits per heavy atom. The first kappa shape index (κ1) is 22.1. The summed E-state index contributed by atoms with van der Waals surface area (Å²) in [6.07, 6.45) is -2.89. The van der Waals surface area contributed by atoms with Gasteiger partial charge in [-0.25, -0.2) is 27.0 Å². The maximum atomic E-state index is 14.9. The summed E-state index contributed by atoms with van der Waals surface area (Å²) in [6, 6.07) is 11.3. The number of alkyl halides is 2. The lowest BCUT2D eigenvalue weighted by atomic mass is 10.1. The van der Waals surface area contributed by atoms with Crippen molar-refractivity contribution in [3.63, 3.8) is 0 Å². The van der Waals surface area contributed by atoms with Crippen LogP contribution in [-0.4, -0.2) is 22.4 Å². The molecule has 0 amide bonds. The number of para-hydroxylation sites is 2. The number of benzene rings is 3. The smallest absolute Gasteiger partial charge is 0.338 e. The minimum Gasteiger partial charge on any atom is -0.462 e. The van der Waals surface area contributed by atoms with Gasteiger partial charge in [-0.15, -0.1) is 5.10 Å². The molecule has 0 fully saturated rings. The summed E-state index contributed by atoms with van der Waals surface area (Å²) < 4.78 is 68.0. The fraction of sp³-hybridized carbons (Fsp3) is 0.130. The van der Waals surface area contributed by atoms with E-state index in [1.165, 1.54) is 36.4 Å². The van der Waals surface area contributed by atoms with E-state index in [4.69, 9.17) is 15.2 Å². The molecule has 10 heteroatoms. The average Bonchev–Trinajstić information content (AvgIpc) is 3.14. The van der Waals surface area contributed by atoms with E-state index in [1.807, 2.05) is 0 Å². The van der Waals surface area contributed by atoms with Crippen LogP contribution in [0.5, 0.6) is 11.6 Å².